The van der Waals surface area contributed by atoms with E-state index in [9.17, 15) is 9.90 Å². The summed E-state index contributed by atoms with van der Waals surface area (Å²) in [6.45, 7) is 2.51. The van der Waals surface area contributed by atoms with Crippen LogP contribution in [0, 0.1) is 0 Å². The minimum Gasteiger partial charge on any atom is -0.508 e. The fourth-order valence-corrected chi connectivity index (χ4v) is 3.36. The minimum atomic E-state index is -0.380. The molecule has 27 heavy (non-hydrogen) atoms. The monoisotopic (exact) mass is 370 g/mol. The number of phenolic OH excluding ortho intramolecular Hbond substituents is 1. The third-order valence-electron chi connectivity index (χ3n) is 4.86. The second-order valence-corrected chi connectivity index (χ2v) is 6.93. The number of hydrogen-bond acceptors (Lipinski definition) is 5. The second kappa shape index (κ2) is 9.02. The van der Waals surface area contributed by atoms with Crippen molar-refractivity contribution in [2.75, 3.05) is 7.11 Å². The summed E-state index contributed by atoms with van der Waals surface area (Å²) in [6.07, 6.45) is 1.44. The lowest BCUT2D eigenvalue weighted by Gasteiger charge is -2.36. The van der Waals surface area contributed by atoms with Gasteiger partial charge in [0.05, 0.1) is 32.3 Å². The number of carbonyl (C=O) groups excluding carboxylic acids is 1. The molecule has 0 aliphatic carbocycles. The van der Waals surface area contributed by atoms with Gasteiger partial charge >= 0.3 is 5.97 Å². The van der Waals surface area contributed by atoms with Gasteiger partial charge in [0.25, 0.3) is 0 Å². The summed E-state index contributed by atoms with van der Waals surface area (Å²) in [5.74, 6) is -0.169. The Bertz CT molecular complexity index is 759. The Morgan fingerprint density at radius 3 is 2.67 bits per heavy atom. The van der Waals surface area contributed by atoms with Crippen molar-refractivity contribution in [2.45, 2.75) is 51.1 Å². The van der Waals surface area contributed by atoms with Gasteiger partial charge in [0.15, 0.2) is 0 Å². The van der Waals surface area contributed by atoms with Crippen LogP contribution in [0.15, 0.2) is 48.5 Å². The van der Waals surface area contributed by atoms with Crippen molar-refractivity contribution in [2.24, 2.45) is 0 Å². The van der Waals surface area contributed by atoms with Gasteiger partial charge in [-0.05, 0) is 43.0 Å². The number of rotatable bonds is 6. The third-order valence-corrected chi connectivity index (χ3v) is 4.86. The molecule has 0 bridgehead atoms. The van der Waals surface area contributed by atoms with E-state index in [0.717, 1.165) is 24.0 Å². The van der Waals surface area contributed by atoms with Gasteiger partial charge in [-0.25, -0.2) is 0 Å². The van der Waals surface area contributed by atoms with E-state index in [-0.39, 0.29) is 36.5 Å². The quantitative estimate of drug-likeness (QED) is 0.781. The van der Waals surface area contributed by atoms with E-state index in [1.807, 2.05) is 43.3 Å². The number of esters is 1. The van der Waals surface area contributed by atoms with Crippen LogP contribution in [0.5, 0.6) is 5.75 Å². The summed E-state index contributed by atoms with van der Waals surface area (Å²) < 4.78 is 17.0. The summed E-state index contributed by atoms with van der Waals surface area (Å²) >= 11 is 0. The van der Waals surface area contributed by atoms with Gasteiger partial charge in [-0.2, -0.15) is 0 Å². The minimum absolute atomic E-state index is 0.0789. The normalized spacial score (nSPS) is 22.4. The molecular weight excluding hydrogens is 344 g/mol. The van der Waals surface area contributed by atoms with Crippen molar-refractivity contribution in [1.29, 1.82) is 0 Å². The highest BCUT2D eigenvalue weighted by Gasteiger charge is 2.33. The molecule has 1 N–H and O–H groups in total. The van der Waals surface area contributed by atoms with Crippen LogP contribution in [-0.4, -0.2) is 30.4 Å². The van der Waals surface area contributed by atoms with Gasteiger partial charge in [0, 0.05) is 5.56 Å². The maximum Gasteiger partial charge on any atom is 0.309 e. The molecule has 1 aliphatic rings. The fraction of sp³-hybridized carbons (Fsp3) is 0.409. The second-order valence-electron chi connectivity index (χ2n) is 6.93. The summed E-state index contributed by atoms with van der Waals surface area (Å²) in [6, 6.07) is 15.1. The Morgan fingerprint density at radius 2 is 1.93 bits per heavy atom. The smallest absolute Gasteiger partial charge is 0.309 e. The maximum atomic E-state index is 11.6. The summed E-state index contributed by atoms with van der Waals surface area (Å²) in [7, 11) is 1.36. The lowest BCUT2D eigenvalue weighted by Crippen LogP contribution is -2.33. The number of phenols is 1. The molecule has 144 valence electrons. The molecule has 0 spiro atoms. The molecule has 0 amide bonds. The van der Waals surface area contributed by atoms with Crippen molar-refractivity contribution in [1.82, 2.24) is 0 Å². The van der Waals surface area contributed by atoms with Crippen molar-refractivity contribution >= 4 is 5.97 Å². The average molecular weight is 370 g/mol. The van der Waals surface area contributed by atoms with E-state index in [1.165, 1.54) is 7.11 Å². The summed E-state index contributed by atoms with van der Waals surface area (Å²) in [4.78, 5) is 11.6. The molecule has 2 aromatic carbocycles. The molecule has 1 fully saturated rings. The predicted molar refractivity (Wildman–Crippen MR) is 101 cm³/mol. The average Bonchev–Trinajstić information content (AvgIpc) is 2.69. The van der Waals surface area contributed by atoms with Gasteiger partial charge < -0.3 is 19.3 Å². The van der Waals surface area contributed by atoms with E-state index >= 15 is 0 Å². The lowest BCUT2D eigenvalue weighted by molar-refractivity contribution is -0.142. The molecule has 3 atom stereocenters. The molecular formula is C22H26O5. The molecule has 1 unspecified atom stereocenters. The van der Waals surface area contributed by atoms with Gasteiger partial charge in [-0.15, -0.1) is 0 Å². The Balaban J connectivity index is 1.79. The summed E-state index contributed by atoms with van der Waals surface area (Å²) in [5.41, 5.74) is 2.53. The Hall–Kier alpha value is -2.37. The zero-order valence-electron chi connectivity index (χ0n) is 15.8. The van der Waals surface area contributed by atoms with Gasteiger partial charge in [-0.3, -0.25) is 4.79 Å². The Morgan fingerprint density at radius 1 is 1.15 bits per heavy atom. The number of methoxy groups -OCH3 is 1. The van der Waals surface area contributed by atoms with E-state index < -0.39 is 0 Å². The molecule has 5 heteroatoms. The molecule has 2 aromatic rings. The van der Waals surface area contributed by atoms with Crippen molar-refractivity contribution < 1.29 is 24.1 Å². The van der Waals surface area contributed by atoms with E-state index in [0.29, 0.717) is 12.2 Å². The Labute approximate surface area is 159 Å². The zero-order chi connectivity index (χ0) is 19.2. The van der Waals surface area contributed by atoms with Crippen LogP contribution in [0.1, 0.15) is 42.6 Å². The first-order chi connectivity index (χ1) is 13.1. The van der Waals surface area contributed by atoms with Crippen molar-refractivity contribution in [3.05, 3.63) is 65.2 Å². The third kappa shape index (κ3) is 5.08. The lowest BCUT2D eigenvalue weighted by atomic mass is 9.93. The highest BCUT2D eigenvalue weighted by Crippen LogP contribution is 2.38. The first-order valence-electron chi connectivity index (χ1n) is 9.26. The van der Waals surface area contributed by atoms with Crippen molar-refractivity contribution in [3.8, 4) is 5.75 Å². The number of carbonyl (C=O) groups is 1. The van der Waals surface area contributed by atoms with Crippen LogP contribution in [0.4, 0.5) is 0 Å². The SMILES string of the molecule is COC(=O)Cc1ccc(O)c([C@H]2O[C@@H](C)CCC2OCc2ccccc2)c1. The molecule has 0 radical (unpaired) electrons. The predicted octanol–water partition coefficient (Wildman–Crippen LogP) is 3.93. The molecule has 1 aliphatic heterocycles. The standard InChI is InChI=1S/C22H26O5/c1-15-8-11-20(26-14-16-6-4-3-5-7-16)22(27-15)18-12-17(9-10-19(18)23)13-21(24)25-2/h3-7,9-10,12,15,20,22-23H,8,11,13-14H2,1-2H3/t15-,20?,22+/m0/s1. The number of benzene rings is 2. The number of aromatic hydroxyl groups is 1. The topological polar surface area (TPSA) is 65.0 Å². The van der Waals surface area contributed by atoms with Crippen LogP contribution in [0.3, 0.4) is 0 Å². The first kappa shape index (κ1) is 19.4. The largest absolute Gasteiger partial charge is 0.508 e. The van der Waals surface area contributed by atoms with Gasteiger partial charge in [0.1, 0.15) is 11.9 Å². The van der Waals surface area contributed by atoms with Crippen LogP contribution in [-0.2, 0) is 32.0 Å². The van der Waals surface area contributed by atoms with Crippen LogP contribution >= 0.6 is 0 Å². The molecule has 1 saturated heterocycles. The number of ether oxygens (including phenoxy) is 3. The van der Waals surface area contributed by atoms with Gasteiger partial charge in [0.2, 0.25) is 0 Å². The molecule has 0 saturated carbocycles. The maximum absolute atomic E-state index is 11.6. The van der Waals surface area contributed by atoms with E-state index in [2.05, 4.69) is 0 Å². The van der Waals surface area contributed by atoms with Crippen LogP contribution < -0.4 is 0 Å². The molecule has 5 nitrogen and oxygen atoms in total. The van der Waals surface area contributed by atoms with Crippen LogP contribution in [0.25, 0.3) is 0 Å². The zero-order valence-corrected chi connectivity index (χ0v) is 15.8. The first-order valence-corrected chi connectivity index (χ1v) is 9.26. The highest BCUT2D eigenvalue weighted by molar-refractivity contribution is 5.72. The molecule has 0 aromatic heterocycles. The van der Waals surface area contributed by atoms with E-state index in [4.69, 9.17) is 14.2 Å². The summed E-state index contributed by atoms with van der Waals surface area (Å²) in [5, 5.41) is 10.4. The van der Waals surface area contributed by atoms with Gasteiger partial charge in [-0.1, -0.05) is 36.4 Å². The van der Waals surface area contributed by atoms with E-state index in [1.54, 1.807) is 12.1 Å². The fourth-order valence-electron chi connectivity index (χ4n) is 3.36. The van der Waals surface area contributed by atoms with Crippen LogP contribution in [0.2, 0.25) is 0 Å². The molecule has 1 heterocycles. The Kier molecular flexibility index (Phi) is 6.48. The molecule has 3 rings (SSSR count). The van der Waals surface area contributed by atoms with Crippen molar-refractivity contribution in [3.63, 3.8) is 0 Å². The number of hydrogen-bond donors (Lipinski definition) is 1. The highest BCUT2D eigenvalue weighted by atomic mass is 16.5.